The van der Waals surface area contributed by atoms with Crippen molar-refractivity contribution in [1.29, 1.82) is 0 Å². The van der Waals surface area contributed by atoms with Gasteiger partial charge < -0.3 is 19.9 Å². The second kappa shape index (κ2) is 9.48. The van der Waals surface area contributed by atoms with Gasteiger partial charge in [-0.05, 0) is 55.2 Å². The van der Waals surface area contributed by atoms with E-state index in [1.807, 2.05) is 48.2 Å². The number of fused-ring (bicyclic) bond motifs is 3. The lowest BCUT2D eigenvalue weighted by Crippen LogP contribution is -2.52. The molecule has 1 fully saturated rings. The second-order valence-electron chi connectivity index (χ2n) is 9.87. The summed E-state index contributed by atoms with van der Waals surface area (Å²) in [5.74, 6) is -0.146. The van der Waals surface area contributed by atoms with Crippen LogP contribution >= 0.6 is 0 Å². The fourth-order valence-corrected chi connectivity index (χ4v) is 6.19. The molecule has 6 rings (SSSR count). The zero-order chi connectivity index (χ0) is 25.4. The molecule has 2 N–H and O–H groups in total. The number of nitrogens with zero attached hydrogens (tertiary/aromatic N) is 2. The van der Waals surface area contributed by atoms with E-state index >= 15 is 0 Å². The molecule has 188 valence electrons. The number of hydrogen-bond acceptors (Lipinski definition) is 4. The number of amides is 2. The Labute approximate surface area is 215 Å². The molecule has 0 saturated carbocycles. The van der Waals surface area contributed by atoms with Crippen molar-refractivity contribution >= 4 is 22.7 Å². The first-order valence-electron chi connectivity index (χ1n) is 12.9. The van der Waals surface area contributed by atoms with E-state index < -0.39 is 0 Å². The van der Waals surface area contributed by atoms with E-state index in [4.69, 9.17) is 4.74 Å². The van der Waals surface area contributed by atoms with E-state index in [1.54, 1.807) is 24.5 Å². The fourth-order valence-electron chi connectivity index (χ4n) is 6.19. The minimum Gasteiger partial charge on any atom is -0.375 e. The summed E-state index contributed by atoms with van der Waals surface area (Å²) < 4.78 is 6.41. The first-order valence-corrected chi connectivity index (χ1v) is 12.9. The Morgan fingerprint density at radius 1 is 1.08 bits per heavy atom. The molecule has 2 aromatic heterocycles. The second-order valence-corrected chi connectivity index (χ2v) is 9.87. The molecule has 1 saturated heterocycles. The number of nitrogens with one attached hydrogen (secondary N) is 2. The molecule has 0 bridgehead atoms. The average Bonchev–Trinajstić information content (AvgIpc) is 3.48. The highest BCUT2D eigenvalue weighted by molar-refractivity contribution is 5.98. The van der Waals surface area contributed by atoms with E-state index in [2.05, 4.69) is 33.5 Å². The number of carbonyl (C=O) groups excluding carboxylic acids is 2. The standard InChI is InChI=1S/C30H30N4O3/c1-2-37-27-26(33-28(35)21-9-7-15-31-19-21)22-10-4-5-11-23(22)30(27)13-16-34(17-14-30)29(36)25-18-20-8-3-6-12-24(20)32-25/h3-12,15,18-19,26-27,32H,2,13-14,16-17H2,1H3,(H,33,35)/t26-,27+/m1/s1. The van der Waals surface area contributed by atoms with Crippen LogP contribution in [0.4, 0.5) is 0 Å². The number of pyridine rings is 1. The van der Waals surface area contributed by atoms with Crippen molar-refractivity contribution in [1.82, 2.24) is 20.2 Å². The summed E-state index contributed by atoms with van der Waals surface area (Å²) in [4.78, 5) is 35.8. The summed E-state index contributed by atoms with van der Waals surface area (Å²) >= 11 is 0. The predicted molar refractivity (Wildman–Crippen MR) is 141 cm³/mol. The van der Waals surface area contributed by atoms with Crippen LogP contribution in [0.2, 0.25) is 0 Å². The molecule has 1 aliphatic heterocycles. The van der Waals surface area contributed by atoms with Crippen LogP contribution in [0.15, 0.2) is 79.1 Å². The number of likely N-dealkylation sites (tertiary alicyclic amines) is 1. The van der Waals surface area contributed by atoms with Gasteiger partial charge in [-0.3, -0.25) is 14.6 Å². The summed E-state index contributed by atoms with van der Waals surface area (Å²) in [7, 11) is 0. The molecular weight excluding hydrogens is 464 g/mol. The molecule has 7 heteroatoms. The van der Waals surface area contributed by atoms with Gasteiger partial charge >= 0.3 is 0 Å². The maximum atomic E-state index is 13.4. The van der Waals surface area contributed by atoms with Gasteiger partial charge in [-0.2, -0.15) is 0 Å². The average molecular weight is 495 g/mol. The predicted octanol–water partition coefficient (Wildman–Crippen LogP) is 4.63. The first-order chi connectivity index (χ1) is 18.1. The summed E-state index contributed by atoms with van der Waals surface area (Å²) in [6, 6.07) is 21.4. The fraction of sp³-hybridized carbons (Fsp3) is 0.300. The number of rotatable bonds is 5. The van der Waals surface area contributed by atoms with E-state index in [0.717, 1.165) is 29.3 Å². The lowest BCUT2D eigenvalue weighted by Gasteiger charge is -2.44. The molecule has 2 amide bonds. The highest BCUT2D eigenvalue weighted by Crippen LogP contribution is 2.52. The molecule has 0 unspecified atom stereocenters. The van der Waals surface area contributed by atoms with Crippen LogP contribution in [-0.4, -0.2) is 52.5 Å². The molecule has 0 radical (unpaired) electrons. The topological polar surface area (TPSA) is 87.3 Å². The van der Waals surface area contributed by atoms with Crippen molar-refractivity contribution in [2.75, 3.05) is 19.7 Å². The molecular formula is C30H30N4O3. The van der Waals surface area contributed by atoms with E-state index in [0.29, 0.717) is 31.0 Å². The number of benzene rings is 2. The molecule has 1 aliphatic carbocycles. The smallest absolute Gasteiger partial charge is 0.270 e. The largest absolute Gasteiger partial charge is 0.375 e. The molecule has 1 spiro atoms. The first kappa shape index (κ1) is 23.4. The van der Waals surface area contributed by atoms with Crippen LogP contribution in [0.1, 0.15) is 57.8 Å². The van der Waals surface area contributed by atoms with Gasteiger partial charge in [0.1, 0.15) is 5.69 Å². The number of H-pyrrole nitrogens is 1. The van der Waals surface area contributed by atoms with Crippen molar-refractivity contribution in [3.05, 3.63) is 102 Å². The molecule has 3 heterocycles. The van der Waals surface area contributed by atoms with Gasteiger partial charge in [0, 0.05) is 48.4 Å². The summed E-state index contributed by atoms with van der Waals surface area (Å²) in [5, 5.41) is 4.28. The lowest BCUT2D eigenvalue weighted by atomic mass is 9.71. The Balaban J connectivity index is 1.27. The van der Waals surface area contributed by atoms with Gasteiger partial charge in [-0.1, -0.05) is 42.5 Å². The van der Waals surface area contributed by atoms with Crippen molar-refractivity contribution in [3.63, 3.8) is 0 Å². The minimum absolute atomic E-state index is 0.0201. The van der Waals surface area contributed by atoms with Gasteiger partial charge in [0.2, 0.25) is 0 Å². The summed E-state index contributed by atoms with van der Waals surface area (Å²) in [6.07, 6.45) is 4.54. The Morgan fingerprint density at radius 3 is 2.62 bits per heavy atom. The summed E-state index contributed by atoms with van der Waals surface area (Å²) in [5.41, 5.74) is 4.13. The van der Waals surface area contributed by atoms with Crippen LogP contribution in [-0.2, 0) is 10.2 Å². The summed E-state index contributed by atoms with van der Waals surface area (Å²) in [6.45, 7) is 3.77. The molecule has 7 nitrogen and oxygen atoms in total. The number of piperidine rings is 1. The lowest BCUT2D eigenvalue weighted by molar-refractivity contribution is -0.0306. The van der Waals surface area contributed by atoms with Crippen molar-refractivity contribution in [2.45, 2.75) is 37.3 Å². The van der Waals surface area contributed by atoms with Crippen LogP contribution in [0.5, 0.6) is 0 Å². The van der Waals surface area contributed by atoms with Crippen molar-refractivity contribution in [2.24, 2.45) is 0 Å². The van der Waals surface area contributed by atoms with Gasteiger partial charge in [0.15, 0.2) is 0 Å². The molecule has 37 heavy (non-hydrogen) atoms. The zero-order valence-electron chi connectivity index (χ0n) is 20.8. The molecule has 4 aromatic rings. The van der Waals surface area contributed by atoms with Gasteiger partial charge in [-0.25, -0.2) is 0 Å². The third-order valence-electron chi connectivity index (χ3n) is 7.94. The number of aromatic nitrogens is 2. The number of para-hydroxylation sites is 1. The Bertz CT molecular complexity index is 1410. The molecule has 2 aromatic carbocycles. The van der Waals surface area contributed by atoms with Crippen molar-refractivity contribution < 1.29 is 14.3 Å². The van der Waals surface area contributed by atoms with E-state index in [9.17, 15) is 9.59 Å². The maximum Gasteiger partial charge on any atom is 0.270 e. The number of aromatic amines is 1. The quantitative estimate of drug-likeness (QED) is 0.424. The Hall–Kier alpha value is -3.97. The van der Waals surface area contributed by atoms with Crippen LogP contribution < -0.4 is 5.32 Å². The Morgan fingerprint density at radius 2 is 1.86 bits per heavy atom. The molecule has 2 aliphatic rings. The number of carbonyl (C=O) groups is 2. The highest BCUT2D eigenvalue weighted by atomic mass is 16.5. The van der Waals surface area contributed by atoms with Crippen molar-refractivity contribution in [3.8, 4) is 0 Å². The number of hydrogen-bond donors (Lipinski definition) is 2. The van der Waals surface area contributed by atoms with E-state index in [-0.39, 0.29) is 29.4 Å². The SMILES string of the molecule is CCO[C@H]1[C@H](NC(=O)c2cccnc2)c2ccccc2C12CCN(C(=O)c1cc3ccccc3[nH]1)CC2. The zero-order valence-corrected chi connectivity index (χ0v) is 20.8. The maximum absolute atomic E-state index is 13.4. The van der Waals surface area contributed by atoms with Crippen LogP contribution in [0, 0.1) is 0 Å². The monoisotopic (exact) mass is 494 g/mol. The van der Waals surface area contributed by atoms with Crippen LogP contribution in [0.3, 0.4) is 0 Å². The van der Waals surface area contributed by atoms with Crippen LogP contribution in [0.25, 0.3) is 10.9 Å². The third kappa shape index (κ3) is 4.00. The normalized spacial score (nSPS) is 20.2. The Kier molecular flexibility index (Phi) is 6.00. The number of ether oxygens (including phenoxy) is 1. The third-order valence-corrected chi connectivity index (χ3v) is 7.94. The van der Waals surface area contributed by atoms with E-state index in [1.165, 1.54) is 5.56 Å². The van der Waals surface area contributed by atoms with Gasteiger partial charge in [0.05, 0.1) is 17.7 Å². The van der Waals surface area contributed by atoms with Gasteiger partial charge in [0.25, 0.3) is 11.8 Å². The minimum atomic E-state index is -0.281. The highest BCUT2D eigenvalue weighted by Gasteiger charge is 2.54. The van der Waals surface area contributed by atoms with Gasteiger partial charge in [-0.15, -0.1) is 0 Å². The molecule has 2 atom stereocenters.